The molecule has 2 amide bonds. The molecular weight excluding hydrogens is 358 g/mol. The summed E-state index contributed by atoms with van der Waals surface area (Å²) in [6, 6.07) is 15.1. The zero-order valence-electron chi connectivity index (χ0n) is 14.7. The van der Waals surface area contributed by atoms with Crippen LogP contribution < -0.4 is 10.6 Å². The molecule has 27 heavy (non-hydrogen) atoms. The molecule has 0 bridgehead atoms. The minimum Gasteiger partial charge on any atom is -0.326 e. The van der Waals surface area contributed by atoms with Crippen molar-refractivity contribution in [1.29, 1.82) is 0 Å². The first-order valence-electron chi connectivity index (χ1n) is 8.90. The van der Waals surface area contributed by atoms with E-state index in [1.54, 1.807) is 17.5 Å². The number of fused-ring (bicyclic) bond motifs is 1. The standard InChI is InChI=1S/C21H19N3O2S/c25-19(22-17-10-9-14-7-4-8-16(14)11-17)12-18-13-27-21(23-18)24-20(26)15-5-2-1-3-6-15/h1-3,5-6,9-11,13H,4,7-8,12H2,(H,22,25)(H,23,24,26). The van der Waals surface area contributed by atoms with Gasteiger partial charge in [-0.1, -0.05) is 24.3 Å². The van der Waals surface area contributed by atoms with Crippen molar-refractivity contribution in [3.8, 4) is 0 Å². The molecule has 0 spiro atoms. The van der Waals surface area contributed by atoms with Crippen LogP contribution in [0.4, 0.5) is 10.8 Å². The van der Waals surface area contributed by atoms with Crippen LogP contribution in [0.25, 0.3) is 0 Å². The van der Waals surface area contributed by atoms with E-state index in [0.29, 0.717) is 16.4 Å². The van der Waals surface area contributed by atoms with E-state index in [2.05, 4.69) is 27.8 Å². The molecule has 0 fully saturated rings. The molecule has 1 aromatic heterocycles. The molecule has 1 heterocycles. The summed E-state index contributed by atoms with van der Waals surface area (Å²) in [4.78, 5) is 28.8. The quantitative estimate of drug-likeness (QED) is 0.704. The van der Waals surface area contributed by atoms with Crippen LogP contribution >= 0.6 is 11.3 Å². The molecule has 0 unspecified atom stereocenters. The number of benzene rings is 2. The largest absolute Gasteiger partial charge is 0.326 e. The van der Waals surface area contributed by atoms with Gasteiger partial charge in [0.1, 0.15) is 0 Å². The maximum atomic E-state index is 12.3. The SMILES string of the molecule is O=C(Cc1csc(NC(=O)c2ccccc2)n1)Nc1ccc2c(c1)CCC2. The monoisotopic (exact) mass is 377 g/mol. The van der Waals surface area contributed by atoms with Gasteiger partial charge in [0, 0.05) is 16.6 Å². The van der Waals surface area contributed by atoms with Crippen LogP contribution in [0.5, 0.6) is 0 Å². The van der Waals surface area contributed by atoms with E-state index in [0.717, 1.165) is 18.5 Å². The second-order valence-electron chi connectivity index (χ2n) is 6.53. The minimum absolute atomic E-state index is 0.112. The first-order chi connectivity index (χ1) is 13.2. The number of nitrogens with one attached hydrogen (secondary N) is 2. The van der Waals surface area contributed by atoms with Gasteiger partial charge < -0.3 is 5.32 Å². The third-order valence-corrected chi connectivity index (χ3v) is 5.34. The molecule has 0 atom stereocenters. The minimum atomic E-state index is -0.209. The summed E-state index contributed by atoms with van der Waals surface area (Å²) in [5.74, 6) is -0.321. The number of thiazole rings is 1. The van der Waals surface area contributed by atoms with E-state index in [9.17, 15) is 9.59 Å². The van der Waals surface area contributed by atoms with Gasteiger partial charge in [0.05, 0.1) is 12.1 Å². The van der Waals surface area contributed by atoms with Gasteiger partial charge in [0.2, 0.25) is 5.91 Å². The number of carbonyl (C=O) groups excluding carboxylic acids is 2. The first-order valence-corrected chi connectivity index (χ1v) is 9.78. The number of amides is 2. The Morgan fingerprint density at radius 2 is 1.81 bits per heavy atom. The maximum Gasteiger partial charge on any atom is 0.257 e. The molecule has 6 heteroatoms. The Kier molecular flexibility index (Phi) is 4.98. The maximum absolute atomic E-state index is 12.3. The van der Waals surface area contributed by atoms with Crippen LogP contribution in [0.2, 0.25) is 0 Å². The third kappa shape index (κ3) is 4.23. The zero-order chi connectivity index (χ0) is 18.6. The predicted octanol–water partition coefficient (Wildman–Crippen LogP) is 4.07. The van der Waals surface area contributed by atoms with Gasteiger partial charge >= 0.3 is 0 Å². The summed E-state index contributed by atoms with van der Waals surface area (Å²) in [5, 5.41) is 7.99. The second kappa shape index (κ2) is 7.72. The van der Waals surface area contributed by atoms with Gasteiger partial charge in [-0.05, 0) is 54.7 Å². The Hall–Kier alpha value is -2.99. The van der Waals surface area contributed by atoms with Crippen molar-refractivity contribution in [2.45, 2.75) is 25.7 Å². The molecule has 1 aliphatic rings. The molecule has 3 aromatic rings. The lowest BCUT2D eigenvalue weighted by atomic mass is 10.1. The van der Waals surface area contributed by atoms with Crippen LogP contribution in [0.15, 0.2) is 53.9 Å². The number of nitrogens with zero attached hydrogens (tertiary/aromatic N) is 1. The summed E-state index contributed by atoms with van der Waals surface area (Å²) >= 11 is 1.31. The van der Waals surface area contributed by atoms with Crippen molar-refractivity contribution < 1.29 is 9.59 Å². The highest BCUT2D eigenvalue weighted by molar-refractivity contribution is 7.14. The predicted molar refractivity (Wildman–Crippen MR) is 107 cm³/mol. The number of carbonyl (C=O) groups is 2. The van der Waals surface area contributed by atoms with E-state index < -0.39 is 0 Å². The van der Waals surface area contributed by atoms with Crippen LogP contribution in [0, 0.1) is 0 Å². The normalized spacial score (nSPS) is 12.4. The Labute approximate surface area is 161 Å². The van der Waals surface area contributed by atoms with Crippen LogP contribution in [-0.4, -0.2) is 16.8 Å². The van der Waals surface area contributed by atoms with E-state index in [1.165, 1.54) is 28.9 Å². The summed E-state index contributed by atoms with van der Waals surface area (Å²) in [6.45, 7) is 0. The van der Waals surface area contributed by atoms with E-state index in [1.807, 2.05) is 24.3 Å². The lowest BCUT2D eigenvalue weighted by Crippen LogP contribution is -2.15. The second-order valence-corrected chi connectivity index (χ2v) is 7.38. The van der Waals surface area contributed by atoms with Gasteiger partial charge in [-0.2, -0.15) is 0 Å². The molecule has 136 valence electrons. The van der Waals surface area contributed by atoms with Crippen molar-refractivity contribution in [2.75, 3.05) is 10.6 Å². The highest BCUT2D eigenvalue weighted by Crippen LogP contribution is 2.25. The summed E-state index contributed by atoms with van der Waals surface area (Å²) in [5.41, 5.74) is 4.75. The number of anilines is 2. The van der Waals surface area contributed by atoms with Crippen LogP contribution in [0.1, 0.15) is 33.6 Å². The number of aromatic nitrogens is 1. The highest BCUT2D eigenvalue weighted by atomic mass is 32.1. The van der Waals surface area contributed by atoms with Gasteiger partial charge in [-0.15, -0.1) is 11.3 Å². The molecule has 0 radical (unpaired) electrons. The zero-order valence-corrected chi connectivity index (χ0v) is 15.5. The average molecular weight is 377 g/mol. The summed E-state index contributed by atoms with van der Waals surface area (Å²) in [7, 11) is 0. The lowest BCUT2D eigenvalue weighted by Gasteiger charge is -2.06. The fourth-order valence-corrected chi connectivity index (χ4v) is 3.93. The van der Waals surface area contributed by atoms with Crippen LogP contribution in [-0.2, 0) is 24.1 Å². The van der Waals surface area contributed by atoms with E-state index >= 15 is 0 Å². The number of rotatable bonds is 5. The van der Waals surface area contributed by atoms with Crippen molar-refractivity contribution in [3.63, 3.8) is 0 Å². The summed E-state index contributed by atoms with van der Waals surface area (Å²) in [6.07, 6.45) is 3.56. The van der Waals surface area contributed by atoms with Gasteiger partial charge in [0.15, 0.2) is 5.13 Å². The molecule has 5 nitrogen and oxygen atoms in total. The molecular formula is C21H19N3O2S. The van der Waals surface area contributed by atoms with Crippen molar-refractivity contribution in [1.82, 2.24) is 4.98 Å². The highest BCUT2D eigenvalue weighted by Gasteiger charge is 2.14. The molecule has 2 N–H and O–H groups in total. The average Bonchev–Trinajstić information content (AvgIpc) is 3.31. The third-order valence-electron chi connectivity index (χ3n) is 4.53. The van der Waals surface area contributed by atoms with E-state index in [-0.39, 0.29) is 18.2 Å². The number of hydrogen-bond acceptors (Lipinski definition) is 4. The first kappa shape index (κ1) is 17.4. The topological polar surface area (TPSA) is 71.1 Å². The Morgan fingerprint density at radius 3 is 2.67 bits per heavy atom. The van der Waals surface area contributed by atoms with Gasteiger partial charge in [-0.3, -0.25) is 14.9 Å². The molecule has 0 saturated heterocycles. The number of aryl methyl sites for hydroxylation is 2. The van der Waals surface area contributed by atoms with Crippen molar-refractivity contribution >= 4 is 34.0 Å². The lowest BCUT2D eigenvalue weighted by molar-refractivity contribution is -0.115. The smallest absolute Gasteiger partial charge is 0.257 e. The van der Waals surface area contributed by atoms with Crippen molar-refractivity contribution in [2.24, 2.45) is 0 Å². The molecule has 2 aromatic carbocycles. The Balaban J connectivity index is 1.35. The van der Waals surface area contributed by atoms with Gasteiger partial charge in [0.25, 0.3) is 5.91 Å². The molecule has 1 aliphatic carbocycles. The fraction of sp³-hybridized carbons (Fsp3) is 0.190. The fourth-order valence-electron chi connectivity index (χ4n) is 3.22. The molecule has 0 aliphatic heterocycles. The Bertz CT molecular complexity index is 982. The number of hydrogen-bond donors (Lipinski definition) is 2. The van der Waals surface area contributed by atoms with Crippen molar-refractivity contribution in [3.05, 3.63) is 76.3 Å². The van der Waals surface area contributed by atoms with Gasteiger partial charge in [-0.25, -0.2) is 4.98 Å². The molecule has 0 saturated carbocycles. The Morgan fingerprint density at radius 1 is 1.00 bits per heavy atom. The summed E-state index contributed by atoms with van der Waals surface area (Å²) < 4.78 is 0. The van der Waals surface area contributed by atoms with Crippen LogP contribution in [0.3, 0.4) is 0 Å². The van der Waals surface area contributed by atoms with E-state index in [4.69, 9.17) is 0 Å². The molecule has 4 rings (SSSR count).